The number of hydrazone groups is 1. The monoisotopic (exact) mass is 231 g/mol. The van der Waals surface area contributed by atoms with Gasteiger partial charge in [-0.05, 0) is 52.2 Å². The minimum absolute atomic E-state index is 0.539. The van der Waals surface area contributed by atoms with Gasteiger partial charge in [-0.3, -0.25) is 9.99 Å². The Kier molecular flexibility index (Phi) is 3.77. The summed E-state index contributed by atoms with van der Waals surface area (Å²) >= 11 is 0. The molecule has 1 aromatic heterocycles. The first kappa shape index (κ1) is 12.1. The van der Waals surface area contributed by atoms with E-state index in [0.29, 0.717) is 12.1 Å². The predicted octanol–water partition coefficient (Wildman–Crippen LogP) is 3.07. The Hall–Kier alpha value is -1.38. The standard InChI is InChI=1S/C14H21N3/c1-11-7-6-8-12(2)17(11)16-13(3)14-9-4-5-10-15-14/h4-5,9-12H,6-8H2,1-3H3/t11-,12+. The summed E-state index contributed by atoms with van der Waals surface area (Å²) < 4.78 is 0. The second kappa shape index (κ2) is 5.30. The first-order valence-electron chi connectivity index (χ1n) is 6.43. The number of hydrogen-bond donors (Lipinski definition) is 0. The number of nitrogens with zero attached hydrogens (tertiary/aromatic N) is 3. The van der Waals surface area contributed by atoms with Crippen LogP contribution < -0.4 is 0 Å². The third-order valence-corrected chi connectivity index (χ3v) is 3.45. The topological polar surface area (TPSA) is 28.5 Å². The van der Waals surface area contributed by atoms with E-state index in [-0.39, 0.29) is 0 Å². The third-order valence-electron chi connectivity index (χ3n) is 3.45. The first-order chi connectivity index (χ1) is 8.18. The molecule has 0 bridgehead atoms. The van der Waals surface area contributed by atoms with Gasteiger partial charge in [0.05, 0.1) is 11.4 Å². The van der Waals surface area contributed by atoms with Crippen molar-refractivity contribution in [2.24, 2.45) is 5.10 Å². The average molecular weight is 231 g/mol. The maximum Gasteiger partial charge on any atom is 0.0859 e. The normalized spacial score (nSPS) is 26.1. The van der Waals surface area contributed by atoms with Crippen molar-refractivity contribution in [3.63, 3.8) is 0 Å². The Morgan fingerprint density at radius 1 is 1.29 bits per heavy atom. The molecule has 3 nitrogen and oxygen atoms in total. The Morgan fingerprint density at radius 3 is 2.59 bits per heavy atom. The van der Waals surface area contributed by atoms with Crippen LogP contribution in [0.3, 0.4) is 0 Å². The van der Waals surface area contributed by atoms with E-state index in [1.54, 1.807) is 0 Å². The smallest absolute Gasteiger partial charge is 0.0859 e. The van der Waals surface area contributed by atoms with Crippen molar-refractivity contribution in [2.75, 3.05) is 0 Å². The number of piperidine rings is 1. The Morgan fingerprint density at radius 2 is 2.00 bits per heavy atom. The van der Waals surface area contributed by atoms with Crippen LogP contribution in [0.5, 0.6) is 0 Å². The van der Waals surface area contributed by atoms with E-state index in [2.05, 4.69) is 23.8 Å². The quantitative estimate of drug-likeness (QED) is 0.732. The van der Waals surface area contributed by atoms with Crippen LogP contribution in [0.25, 0.3) is 0 Å². The van der Waals surface area contributed by atoms with Gasteiger partial charge in [0.1, 0.15) is 0 Å². The summed E-state index contributed by atoms with van der Waals surface area (Å²) in [5.41, 5.74) is 1.98. The molecule has 2 atom stereocenters. The van der Waals surface area contributed by atoms with Crippen molar-refractivity contribution in [2.45, 2.75) is 52.1 Å². The Balaban J connectivity index is 2.17. The van der Waals surface area contributed by atoms with Gasteiger partial charge in [0, 0.05) is 18.3 Å². The van der Waals surface area contributed by atoms with E-state index >= 15 is 0 Å². The highest BCUT2D eigenvalue weighted by Gasteiger charge is 2.23. The van der Waals surface area contributed by atoms with Crippen LogP contribution in [-0.4, -0.2) is 27.8 Å². The average Bonchev–Trinajstić information content (AvgIpc) is 2.35. The maximum atomic E-state index is 4.76. The fraction of sp³-hybridized carbons (Fsp3) is 0.571. The molecule has 92 valence electrons. The fourth-order valence-electron chi connectivity index (χ4n) is 2.41. The molecule has 1 aliphatic rings. The third kappa shape index (κ3) is 2.84. The van der Waals surface area contributed by atoms with Crippen LogP contribution in [0.1, 0.15) is 45.7 Å². The summed E-state index contributed by atoms with van der Waals surface area (Å²) in [6, 6.07) is 7.03. The minimum atomic E-state index is 0.539. The van der Waals surface area contributed by atoms with Crippen molar-refractivity contribution >= 4 is 5.71 Å². The van der Waals surface area contributed by atoms with Crippen molar-refractivity contribution in [1.82, 2.24) is 9.99 Å². The van der Waals surface area contributed by atoms with Crippen LogP contribution in [0, 0.1) is 0 Å². The highest BCUT2D eigenvalue weighted by atomic mass is 15.5. The lowest BCUT2D eigenvalue weighted by molar-refractivity contribution is 0.108. The molecule has 17 heavy (non-hydrogen) atoms. The van der Waals surface area contributed by atoms with Crippen molar-refractivity contribution in [1.29, 1.82) is 0 Å². The lowest BCUT2D eigenvalue weighted by Crippen LogP contribution is -2.40. The van der Waals surface area contributed by atoms with Crippen LogP contribution in [-0.2, 0) is 0 Å². The van der Waals surface area contributed by atoms with Crippen molar-refractivity contribution in [3.8, 4) is 0 Å². The van der Waals surface area contributed by atoms with E-state index in [0.717, 1.165) is 11.4 Å². The summed E-state index contributed by atoms with van der Waals surface area (Å²) in [6.07, 6.45) is 5.61. The van der Waals surface area contributed by atoms with Gasteiger partial charge in [0.25, 0.3) is 0 Å². The molecular weight excluding hydrogens is 210 g/mol. The van der Waals surface area contributed by atoms with Gasteiger partial charge in [-0.1, -0.05) is 6.07 Å². The largest absolute Gasteiger partial charge is 0.291 e. The number of rotatable bonds is 2. The fourth-order valence-corrected chi connectivity index (χ4v) is 2.41. The molecule has 1 fully saturated rings. The van der Waals surface area contributed by atoms with Crippen LogP contribution >= 0.6 is 0 Å². The Bertz CT molecular complexity index is 376. The summed E-state index contributed by atoms with van der Waals surface area (Å²) in [4.78, 5) is 4.34. The molecule has 2 heterocycles. The van der Waals surface area contributed by atoms with E-state index in [4.69, 9.17) is 5.10 Å². The molecule has 1 aromatic rings. The molecule has 0 aromatic carbocycles. The number of aromatic nitrogens is 1. The zero-order valence-electron chi connectivity index (χ0n) is 10.9. The molecule has 0 unspecified atom stereocenters. The predicted molar refractivity (Wildman–Crippen MR) is 71.1 cm³/mol. The summed E-state index contributed by atoms with van der Waals surface area (Å²) in [5, 5.41) is 7.00. The van der Waals surface area contributed by atoms with Crippen molar-refractivity contribution < 1.29 is 0 Å². The Labute approximate surface area is 104 Å². The molecule has 2 rings (SSSR count). The second-order valence-corrected chi connectivity index (χ2v) is 4.91. The second-order valence-electron chi connectivity index (χ2n) is 4.91. The van der Waals surface area contributed by atoms with Gasteiger partial charge in [0.15, 0.2) is 0 Å². The SMILES string of the molecule is CC(=NN1[C@H](C)CCC[C@@H]1C)c1ccccn1. The molecular formula is C14H21N3. The number of pyridine rings is 1. The van der Waals surface area contributed by atoms with Gasteiger partial charge < -0.3 is 0 Å². The van der Waals surface area contributed by atoms with Gasteiger partial charge in [-0.2, -0.15) is 5.10 Å². The highest BCUT2D eigenvalue weighted by molar-refractivity contribution is 5.96. The van der Waals surface area contributed by atoms with Crippen LogP contribution in [0.2, 0.25) is 0 Å². The molecule has 0 aliphatic carbocycles. The molecule has 1 aliphatic heterocycles. The molecule has 0 saturated carbocycles. The molecule has 0 amide bonds. The lowest BCUT2D eigenvalue weighted by Gasteiger charge is -2.37. The molecule has 3 heteroatoms. The van der Waals surface area contributed by atoms with Gasteiger partial charge in [-0.15, -0.1) is 0 Å². The number of hydrogen-bond acceptors (Lipinski definition) is 3. The maximum absolute atomic E-state index is 4.76. The van der Waals surface area contributed by atoms with Crippen LogP contribution in [0.4, 0.5) is 0 Å². The van der Waals surface area contributed by atoms with Crippen LogP contribution in [0.15, 0.2) is 29.5 Å². The summed E-state index contributed by atoms with van der Waals surface area (Å²) in [7, 11) is 0. The highest BCUT2D eigenvalue weighted by Crippen LogP contribution is 2.23. The molecule has 0 radical (unpaired) electrons. The van der Waals surface area contributed by atoms with Crippen molar-refractivity contribution in [3.05, 3.63) is 30.1 Å². The molecule has 0 spiro atoms. The van der Waals surface area contributed by atoms with Gasteiger partial charge in [0.2, 0.25) is 0 Å². The summed E-state index contributed by atoms with van der Waals surface area (Å²) in [5.74, 6) is 0. The summed E-state index contributed by atoms with van der Waals surface area (Å²) in [6.45, 7) is 6.55. The lowest BCUT2D eigenvalue weighted by atomic mass is 10.00. The van der Waals surface area contributed by atoms with E-state index < -0.39 is 0 Å². The molecule has 0 N–H and O–H groups in total. The zero-order chi connectivity index (χ0) is 12.3. The zero-order valence-corrected chi connectivity index (χ0v) is 10.9. The van der Waals surface area contributed by atoms with E-state index in [1.807, 2.05) is 31.3 Å². The first-order valence-corrected chi connectivity index (χ1v) is 6.43. The van der Waals surface area contributed by atoms with Gasteiger partial charge >= 0.3 is 0 Å². The van der Waals surface area contributed by atoms with Gasteiger partial charge in [-0.25, -0.2) is 0 Å². The minimum Gasteiger partial charge on any atom is -0.291 e. The van der Waals surface area contributed by atoms with E-state index in [1.165, 1.54) is 19.3 Å². The van der Waals surface area contributed by atoms with E-state index in [9.17, 15) is 0 Å². The molecule has 1 saturated heterocycles.